The van der Waals surface area contributed by atoms with Gasteiger partial charge in [-0.15, -0.1) is 0 Å². The fourth-order valence-corrected chi connectivity index (χ4v) is 1.13. The zero-order chi connectivity index (χ0) is 13.5. The molecule has 17 heavy (non-hydrogen) atoms. The molecule has 0 rings (SSSR count). The summed E-state index contributed by atoms with van der Waals surface area (Å²) in [7, 11) is 0. The van der Waals surface area contributed by atoms with E-state index in [1.54, 1.807) is 6.92 Å². The number of aliphatic hydroxyl groups excluding tert-OH is 1. The van der Waals surface area contributed by atoms with E-state index in [-0.39, 0.29) is 17.4 Å². The zero-order valence-corrected chi connectivity index (χ0v) is 11.7. The Morgan fingerprint density at radius 2 is 1.82 bits per heavy atom. The molecule has 0 aliphatic heterocycles. The van der Waals surface area contributed by atoms with E-state index in [1.807, 2.05) is 52.0 Å². The Morgan fingerprint density at radius 1 is 1.24 bits per heavy atom. The number of hydrogen-bond acceptors (Lipinski definition) is 2. The highest BCUT2D eigenvalue weighted by atomic mass is 16.3. The quantitative estimate of drug-likeness (QED) is 0.689. The topological polar surface area (TPSA) is 37.3 Å². The Morgan fingerprint density at radius 3 is 2.29 bits per heavy atom. The molecule has 0 saturated carbocycles. The summed E-state index contributed by atoms with van der Waals surface area (Å²) >= 11 is 0. The van der Waals surface area contributed by atoms with E-state index < -0.39 is 0 Å². The lowest BCUT2D eigenvalue weighted by atomic mass is 9.87. The number of carbonyl (C=O) groups is 1. The molecule has 0 saturated heterocycles. The first kappa shape index (κ1) is 16.1. The van der Waals surface area contributed by atoms with Crippen LogP contribution in [0.25, 0.3) is 0 Å². The molecular formula is C15H26O2. The summed E-state index contributed by atoms with van der Waals surface area (Å²) < 4.78 is 0. The van der Waals surface area contributed by atoms with Crippen molar-refractivity contribution in [3.8, 4) is 0 Å². The Kier molecular flexibility index (Phi) is 7.05. The van der Waals surface area contributed by atoms with E-state index >= 15 is 0 Å². The Bertz CT molecular complexity index is 283. The molecule has 1 atom stereocenters. The van der Waals surface area contributed by atoms with Gasteiger partial charge in [0.1, 0.15) is 5.78 Å². The van der Waals surface area contributed by atoms with E-state index in [0.29, 0.717) is 12.2 Å². The van der Waals surface area contributed by atoms with E-state index in [4.69, 9.17) is 0 Å². The highest BCUT2D eigenvalue weighted by molar-refractivity contribution is 5.80. The van der Waals surface area contributed by atoms with Crippen LogP contribution in [0.2, 0.25) is 0 Å². The number of hydrogen-bond donors (Lipinski definition) is 1. The molecule has 0 radical (unpaired) electrons. The first-order chi connectivity index (χ1) is 7.77. The van der Waals surface area contributed by atoms with Crippen LogP contribution < -0.4 is 0 Å². The van der Waals surface area contributed by atoms with Crippen LogP contribution in [0.4, 0.5) is 0 Å². The number of ketones is 1. The first-order valence-corrected chi connectivity index (χ1v) is 6.32. The van der Waals surface area contributed by atoms with Gasteiger partial charge in [-0.05, 0) is 13.3 Å². The maximum atomic E-state index is 11.3. The lowest BCUT2D eigenvalue weighted by Crippen LogP contribution is -2.23. The summed E-state index contributed by atoms with van der Waals surface area (Å²) in [4.78, 5) is 11.3. The van der Waals surface area contributed by atoms with Gasteiger partial charge >= 0.3 is 0 Å². The van der Waals surface area contributed by atoms with Gasteiger partial charge < -0.3 is 5.11 Å². The highest BCUT2D eigenvalue weighted by Gasteiger charge is 2.19. The maximum Gasteiger partial charge on any atom is 0.135 e. The maximum absolute atomic E-state index is 11.3. The van der Waals surface area contributed by atoms with Crippen LogP contribution >= 0.6 is 0 Å². The Balaban J connectivity index is 3.97. The number of aliphatic hydroxyl groups is 1. The average Bonchev–Trinajstić information content (AvgIpc) is 2.22. The monoisotopic (exact) mass is 238 g/mol. The summed E-state index contributed by atoms with van der Waals surface area (Å²) in [5.41, 5.74) is -0.210. The van der Waals surface area contributed by atoms with Crippen LogP contribution in [0.3, 0.4) is 0 Å². The van der Waals surface area contributed by atoms with Gasteiger partial charge in [-0.1, -0.05) is 52.0 Å². The van der Waals surface area contributed by atoms with Gasteiger partial charge in [-0.3, -0.25) is 4.79 Å². The molecule has 0 spiro atoms. The van der Waals surface area contributed by atoms with Crippen LogP contribution in [0, 0.1) is 11.3 Å². The summed E-state index contributed by atoms with van der Waals surface area (Å²) in [6.07, 6.45) is 8.89. The minimum absolute atomic E-state index is 0.133. The van der Waals surface area contributed by atoms with Crippen molar-refractivity contribution in [3.05, 3.63) is 24.3 Å². The van der Waals surface area contributed by atoms with E-state index in [0.717, 1.165) is 6.42 Å². The molecule has 0 heterocycles. The molecule has 2 nitrogen and oxygen atoms in total. The third kappa shape index (κ3) is 7.11. The van der Waals surface area contributed by atoms with Gasteiger partial charge in [0.05, 0.1) is 6.10 Å². The number of rotatable bonds is 7. The van der Waals surface area contributed by atoms with Crippen molar-refractivity contribution in [3.63, 3.8) is 0 Å². The molecule has 98 valence electrons. The molecule has 0 aliphatic rings. The van der Waals surface area contributed by atoms with E-state index in [9.17, 15) is 9.90 Å². The van der Waals surface area contributed by atoms with E-state index in [2.05, 4.69) is 0 Å². The van der Waals surface area contributed by atoms with E-state index in [1.165, 1.54) is 0 Å². The molecule has 2 heteroatoms. The fourth-order valence-electron chi connectivity index (χ4n) is 1.13. The number of carbonyl (C=O) groups excluding carboxylic acids is 1. The third-order valence-electron chi connectivity index (χ3n) is 3.05. The average molecular weight is 238 g/mol. The van der Waals surface area contributed by atoms with Crippen molar-refractivity contribution in [2.45, 2.75) is 53.6 Å². The van der Waals surface area contributed by atoms with Gasteiger partial charge in [0.2, 0.25) is 0 Å². The first-order valence-electron chi connectivity index (χ1n) is 6.32. The lowest BCUT2D eigenvalue weighted by Gasteiger charge is -2.23. The van der Waals surface area contributed by atoms with Gasteiger partial charge in [-0.2, -0.15) is 0 Å². The van der Waals surface area contributed by atoms with Crippen molar-refractivity contribution in [2.24, 2.45) is 11.3 Å². The van der Waals surface area contributed by atoms with Gasteiger partial charge in [0, 0.05) is 17.8 Å². The summed E-state index contributed by atoms with van der Waals surface area (Å²) in [6.45, 7) is 9.62. The van der Waals surface area contributed by atoms with Crippen molar-refractivity contribution in [1.29, 1.82) is 0 Å². The van der Waals surface area contributed by atoms with Crippen LogP contribution in [0.1, 0.15) is 47.5 Å². The molecule has 0 amide bonds. The molecule has 0 aromatic heterocycles. The van der Waals surface area contributed by atoms with Gasteiger partial charge in [-0.25, -0.2) is 0 Å². The summed E-state index contributed by atoms with van der Waals surface area (Å²) in [5, 5.41) is 9.50. The molecule has 0 aromatic rings. The minimum atomic E-state index is -0.366. The van der Waals surface area contributed by atoms with Gasteiger partial charge in [0.15, 0.2) is 0 Å². The predicted molar refractivity (Wildman–Crippen MR) is 72.8 cm³/mol. The van der Waals surface area contributed by atoms with Crippen LogP contribution in [0.5, 0.6) is 0 Å². The molecule has 0 unspecified atom stereocenters. The van der Waals surface area contributed by atoms with Crippen molar-refractivity contribution >= 4 is 5.78 Å². The fraction of sp³-hybridized carbons (Fsp3) is 0.667. The standard InChI is InChI=1S/C15H26O2/c1-12(2)14(17)10-8-6-7-9-11-15(4,5)13(3)16/h6-7,9,11-13,16H,8,10H2,1-5H3/b7-6+,11-9+/t13-/m0/s1. The second kappa shape index (κ2) is 7.44. The molecule has 0 aromatic carbocycles. The molecule has 0 bridgehead atoms. The lowest BCUT2D eigenvalue weighted by molar-refractivity contribution is -0.121. The van der Waals surface area contributed by atoms with Crippen molar-refractivity contribution in [2.75, 3.05) is 0 Å². The second-order valence-electron chi connectivity index (χ2n) is 5.44. The predicted octanol–water partition coefficient (Wildman–Crippen LogP) is 3.51. The zero-order valence-electron chi connectivity index (χ0n) is 11.7. The Labute approximate surface area is 105 Å². The third-order valence-corrected chi connectivity index (χ3v) is 3.05. The van der Waals surface area contributed by atoms with Crippen molar-refractivity contribution < 1.29 is 9.90 Å². The molecule has 0 fully saturated rings. The van der Waals surface area contributed by atoms with Crippen LogP contribution in [-0.4, -0.2) is 17.0 Å². The van der Waals surface area contributed by atoms with Crippen molar-refractivity contribution in [1.82, 2.24) is 0 Å². The van der Waals surface area contributed by atoms with Crippen LogP contribution in [0.15, 0.2) is 24.3 Å². The smallest absolute Gasteiger partial charge is 0.135 e. The summed E-state index contributed by atoms with van der Waals surface area (Å²) in [6, 6.07) is 0. The highest BCUT2D eigenvalue weighted by Crippen LogP contribution is 2.21. The normalized spacial score (nSPS) is 15.0. The summed E-state index contributed by atoms with van der Waals surface area (Å²) in [5.74, 6) is 0.441. The van der Waals surface area contributed by atoms with Gasteiger partial charge in [0.25, 0.3) is 0 Å². The molecule has 0 aliphatic carbocycles. The SMILES string of the molecule is CC(C)C(=O)CC/C=C/C=C/C(C)(C)[C@H](C)O. The number of Topliss-reactive ketones (excluding diaryl/α,β-unsaturated/α-hetero) is 1. The second-order valence-corrected chi connectivity index (χ2v) is 5.44. The van der Waals surface area contributed by atoms with Crippen LogP contribution in [-0.2, 0) is 4.79 Å². The largest absolute Gasteiger partial charge is 0.393 e. The number of allylic oxidation sites excluding steroid dienone is 3. The molecule has 1 N–H and O–H groups in total. The Hall–Kier alpha value is -0.890. The minimum Gasteiger partial charge on any atom is -0.393 e. The molecular weight excluding hydrogens is 212 g/mol.